The number of para-hydroxylation sites is 1. The Kier molecular flexibility index (Phi) is 5.17. The van der Waals surface area contributed by atoms with Gasteiger partial charge in [0.15, 0.2) is 0 Å². The average molecular weight is 336 g/mol. The van der Waals surface area contributed by atoms with Crippen molar-refractivity contribution in [1.82, 2.24) is 4.90 Å². The summed E-state index contributed by atoms with van der Waals surface area (Å²) in [7, 11) is 0. The summed E-state index contributed by atoms with van der Waals surface area (Å²) in [6.45, 7) is 4.84. The molecule has 0 radical (unpaired) electrons. The van der Waals surface area contributed by atoms with Crippen LogP contribution < -0.4 is 4.90 Å². The van der Waals surface area contributed by atoms with Gasteiger partial charge in [0.25, 0.3) is 0 Å². The second kappa shape index (κ2) is 7.51. The van der Waals surface area contributed by atoms with E-state index in [4.69, 9.17) is 0 Å². The van der Waals surface area contributed by atoms with E-state index in [0.717, 1.165) is 17.7 Å². The lowest BCUT2D eigenvalue weighted by Gasteiger charge is -2.37. The number of hydrogen-bond donors (Lipinski definition) is 0. The first-order chi connectivity index (χ1) is 12.1. The third kappa shape index (κ3) is 3.58. The number of anilines is 1. The van der Waals surface area contributed by atoms with Crippen LogP contribution in [0.25, 0.3) is 0 Å². The Balaban J connectivity index is 1.88. The Labute approximate surface area is 149 Å². The average Bonchev–Trinajstić information content (AvgIpc) is 2.63. The summed E-state index contributed by atoms with van der Waals surface area (Å²) in [5, 5.41) is 0. The standard InChI is InChI=1S/C21H24N2O2/c1-3-22(18-10-5-4-6-11-18)21(25)15-20-19-12-8-7-9-17(19)13-14-23(20)16(2)24/h4-12,20H,3,13-15H2,1-2H3. The maximum absolute atomic E-state index is 13.0. The zero-order chi connectivity index (χ0) is 17.8. The Morgan fingerprint density at radius 1 is 1.08 bits per heavy atom. The quantitative estimate of drug-likeness (QED) is 0.856. The van der Waals surface area contributed by atoms with Crippen molar-refractivity contribution in [2.45, 2.75) is 32.7 Å². The molecule has 1 aliphatic rings. The van der Waals surface area contributed by atoms with E-state index in [9.17, 15) is 9.59 Å². The fraction of sp³-hybridized carbons (Fsp3) is 0.333. The molecule has 25 heavy (non-hydrogen) atoms. The molecule has 3 rings (SSSR count). The Hall–Kier alpha value is -2.62. The summed E-state index contributed by atoms with van der Waals surface area (Å²) in [6.07, 6.45) is 1.15. The fourth-order valence-corrected chi connectivity index (χ4v) is 3.64. The van der Waals surface area contributed by atoms with Gasteiger partial charge >= 0.3 is 0 Å². The highest BCUT2D eigenvalue weighted by atomic mass is 16.2. The minimum atomic E-state index is -0.187. The summed E-state index contributed by atoms with van der Waals surface area (Å²) in [4.78, 5) is 28.7. The van der Waals surface area contributed by atoms with E-state index in [1.807, 2.05) is 60.4 Å². The Morgan fingerprint density at radius 3 is 2.44 bits per heavy atom. The third-order valence-electron chi connectivity index (χ3n) is 4.87. The molecular weight excluding hydrogens is 312 g/mol. The van der Waals surface area contributed by atoms with Crippen LogP contribution in [-0.4, -0.2) is 29.8 Å². The molecule has 0 saturated carbocycles. The molecule has 1 aliphatic heterocycles. The monoisotopic (exact) mass is 336 g/mol. The Bertz CT molecular complexity index is 758. The first kappa shape index (κ1) is 17.2. The molecule has 0 N–H and O–H groups in total. The van der Waals surface area contributed by atoms with Gasteiger partial charge in [-0.15, -0.1) is 0 Å². The largest absolute Gasteiger partial charge is 0.335 e. The number of amides is 2. The predicted octanol–water partition coefficient (Wildman–Crippen LogP) is 3.58. The number of hydrogen-bond acceptors (Lipinski definition) is 2. The van der Waals surface area contributed by atoms with Crippen molar-refractivity contribution in [3.63, 3.8) is 0 Å². The van der Waals surface area contributed by atoms with Crippen LogP contribution in [0.15, 0.2) is 54.6 Å². The lowest BCUT2D eigenvalue weighted by Crippen LogP contribution is -2.42. The van der Waals surface area contributed by atoms with Gasteiger partial charge in [-0.1, -0.05) is 42.5 Å². The number of fused-ring (bicyclic) bond motifs is 1. The summed E-state index contributed by atoms with van der Waals surface area (Å²) < 4.78 is 0. The molecule has 1 atom stereocenters. The molecule has 0 bridgehead atoms. The van der Waals surface area contributed by atoms with Gasteiger partial charge in [-0.05, 0) is 36.6 Å². The molecular formula is C21H24N2O2. The summed E-state index contributed by atoms with van der Waals surface area (Å²) in [6, 6.07) is 17.6. The van der Waals surface area contributed by atoms with E-state index in [1.165, 1.54) is 5.56 Å². The van der Waals surface area contributed by atoms with Gasteiger partial charge < -0.3 is 9.80 Å². The topological polar surface area (TPSA) is 40.6 Å². The maximum Gasteiger partial charge on any atom is 0.229 e. The third-order valence-corrected chi connectivity index (χ3v) is 4.87. The number of rotatable bonds is 4. The molecule has 2 amide bonds. The van der Waals surface area contributed by atoms with Crippen molar-refractivity contribution < 1.29 is 9.59 Å². The Morgan fingerprint density at radius 2 is 1.76 bits per heavy atom. The molecule has 1 heterocycles. The van der Waals surface area contributed by atoms with Crippen molar-refractivity contribution in [3.8, 4) is 0 Å². The fourth-order valence-electron chi connectivity index (χ4n) is 3.64. The van der Waals surface area contributed by atoms with E-state index in [-0.39, 0.29) is 17.9 Å². The van der Waals surface area contributed by atoms with Crippen molar-refractivity contribution in [2.75, 3.05) is 18.0 Å². The molecule has 0 saturated heterocycles. The van der Waals surface area contributed by atoms with Gasteiger partial charge in [-0.25, -0.2) is 0 Å². The molecule has 4 nitrogen and oxygen atoms in total. The van der Waals surface area contributed by atoms with Gasteiger partial charge in [-0.2, -0.15) is 0 Å². The van der Waals surface area contributed by atoms with Gasteiger partial charge in [0.1, 0.15) is 0 Å². The van der Waals surface area contributed by atoms with Crippen molar-refractivity contribution >= 4 is 17.5 Å². The maximum atomic E-state index is 13.0. The lowest BCUT2D eigenvalue weighted by molar-refractivity contribution is -0.133. The highest BCUT2D eigenvalue weighted by molar-refractivity contribution is 5.94. The number of carbonyl (C=O) groups excluding carboxylic acids is 2. The van der Waals surface area contributed by atoms with Crippen LogP contribution in [0.5, 0.6) is 0 Å². The van der Waals surface area contributed by atoms with Gasteiger partial charge in [0.2, 0.25) is 11.8 Å². The lowest BCUT2D eigenvalue weighted by atomic mass is 9.90. The summed E-state index contributed by atoms with van der Waals surface area (Å²) in [5.74, 6) is 0.0664. The normalized spacial score (nSPS) is 16.2. The second-order valence-electron chi connectivity index (χ2n) is 6.35. The highest BCUT2D eigenvalue weighted by Gasteiger charge is 2.31. The first-order valence-electron chi connectivity index (χ1n) is 8.82. The van der Waals surface area contributed by atoms with E-state index in [0.29, 0.717) is 19.5 Å². The van der Waals surface area contributed by atoms with E-state index >= 15 is 0 Å². The molecule has 0 fully saturated rings. The van der Waals surface area contributed by atoms with Crippen LogP contribution in [0.4, 0.5) is 5.69 Å². The minimum absolute atomic E-state index is 0.0232. The molecule has 0 aliphatic carbocycles. The van der Waals surface area contributed by atoms with Gasteiger partial charge in [0, 0.05) is 25.7 Å². The predicted molar refractivity (Wildman–Crippen MR) is 99.4 cm³/mol. The van der Waals surface area contributed by atoms with Crippen LogP contribution in [0.2, 0.25) is 0 Å². The smallest absolute Gasteiger partial charge is 0.229 e. The van der Waals surface area contributed by atoms with Crippen molar-refractivity contribution in [2.24, 2.45) is 0 Å². The zero-order valence-corrected chi connectivity index (χ0v) is 14.8. The van der Waals surface area contributed by atoms with E-state index in [1.54, 1.807) is 11.8 Å². The van der Waals surface area contributed by atoms with Gasteiger partial charge in [-0.3, -0.25) is 9.59 Å². The van der Waals surface area contributed by atoms with Crippen LogP contribution in [0.1, 0.15) is 37.4 Å². The molecule has 4 heteroatoms. The molecule has 2 aromatic rings. The number of nitrogens with zero attached hydrogens (tertiary/aromatic N) is 2. The molecule has 2 aromatic carbocycles. The van der Waals surface area contributed by atoms with Crippen LogP contribution in [0.3, 0.4) is 0 Å². The van der Waals surface area contributed by atoms with Gasteiger partial charge in [0.05, 0.1) is 12.5 Å². The first-order valence-corrected chi connectivity index (χ1v) is 8.82. The summed E-state index contributed by atoms with van der Waals surface area (Å²) >= 11 is 0. The highest BCUT2D eigenvalue weighted by Crippen LogP contribution is 2.33. The SMILES string of the molecule is CCN(C(=O)CC1c2ccccc2CCN1C(C)=O)c1ccccc1. The van der Waals surface area contributed by atoms with Crippen LogP contribution >= 0.6 is 0 Å². The molecule has 1 unspecified atom stereocenters. The zero-order valence-electron chi connectivity index (χ0n) is 14.8. The minimum Gasteiger partial charge on any atom is -0.335 e. The molecule has 0 aromatic heterocycles. The van der Waals surface area contributed by atoms with E-state index in [2.05, 4.69) is 6.07 Å². The molecule has 130 valence electrons. The van der Waals surface area contributed by atoms with Crippen molar-refractivity contribution in [1.29, 1.82) is 0 Å². The molecule has 0 spiro atoms. The van der Waals surface area contributed by atoms with Crippen LogP contribution in [0, 0.1) is 0 Å². The number of carbonyl (C=O) groups is 2. The number of benzene rings is 2. The second-order valence-corrected chi connectivity index (χ2v) is 6.35. The van der Waals surface area contributed by atoms with E-state index < -0.39 is 0 Å². The van der Waals surface area contributed by atoms with Crippen molar-refractivity contribution in [3.05, 3.63) is 65.7 Å². The van der Waals surface area contributed by atoms with Crippen LogP contribution in [-0.2, 0) is 16.0 Å². The summed E-state index contributed by atoms with van der Waals surface area (Å²) in [5.41, 5.74) is 3.23.